The van der Waals surface area contributed by atoms with Crippen LogP contribution >= 0.6 is 0 Å². The average molecular weight is 316 g/mol. The van der Waals surface area contributed by atoms with Crippen LogP contribution in [0.3, 0.4) is 0 Å². The molecule has 0 radical (unpaired) electrons. The molecular formula is C18H24N2O3. The number of hydrogen-bond donors (Lipinski definition) is 3. The van der Waals surface area contributed by atoms with E-state index in [2.05, 4.69) is 10.6 Å². The summed E-state index contributed by atoms with van der Waals surface area (Å²) in [5, 5.41) is 16.1. The summed E-state index contributed by atoms with van der Waals surface area (Å²) in [5.41, 5.74) is 0.394. The van der Waals surface area contributed by atoms with Crippen LogP contribution in [0.2, 0.25) is 0 Å². The number of aliphatic hydroxyl groups is 1. The molecule has 0 heterocycles. The Balaban J connectivity index is 1.52. The van der Waals surface area contributed by atoms with Crippen LogP contribution in [0.1, 0.15) is 61.7 Å². The average Bonchev–Trinajstić information content (AvgIpc) is 3.32. The van der Waals surface area contributed by atoms with E-state index in [0.717, 1.165) is 32.1 Å². The Morgan fingerprint density at radius 2 is 1.74 bits per heavy atom. The van der Waals surface area contributed by atoms with E-state index in [4.69, 9.17) is 0 Å². The van der Waals surface area contributed by atoms with Crippen LogP contribution in [-0.2, 0) is 4.79 Å². The van der Waals surface area contributed by atoms with E-state index in [1.807, 2.05) is 0 Å². The minimum Gasteiger partial charge on any atom is -0.389 e. The van der Waals surface area contributed by atoms with Crippen molar-refractivity contribution < 1.29 is 14.7 Å². The third kappa shape index (κ3) is 4.55. The van der Waals surface area contributed by atoms with Crippen LogP contribution in [-0.4, -0.2) is 28.6 Å². The number of anilines is 1. The lowest BCUT2D eigenvalue weighted by Gasteiger charge is -2.31. The van der Waals surface area contributed by atoms with E-state index in [1.165, 1.54) is 0 Å². The molecule has 3 N–H and O–H groups in total. The van der Waals surface area contributed by atoms with Crippen molar-refractivity contribution in [1.82, 2.24) is 5.32 Å². The van der Waals surface area contributed by atoms with Gasteiger partial charge in [-0.25, -0.2) is 0 Å². The van der Waals surface area contributed by atoms with Crippen molar-refractivity contribution in [3.05, 3.63) is 29.8 Å². The number of benzene rings is 1. The summed E-state index contributed by atoms with van der Waals surface area (Å²) < 4.78 is 0. The molecule has 1 aromatic carbocycles. The van der Waals surface area contributed by atoms with Crippen molar-refractivity contribution in [1.29, 1.82) is 0 Å². The second kappa shape index (κ2) is 6.71. The molecule has 0 spiro atoms. The maximum absolute atomic E-state index is 12.1. The SMILES string of the molecule is O=C(CC1(O)CCCCC1)Nc1ccc(C(=O)NC2CC2)cc1. The summed E-state index contributed by atoms with van der Waals surface area (Å²) in [6.45, 7) is 0. The molecule has 0 saturated heterocycles. The Morgan fingerprint density at radius 1 is 1.09 bits per heavy atom. The van der Waals surface area contributed by atoms with Gasteiger partial charge in [-0.05, 0) is 49.9 Å². The van der Waals surface area contributed by atoms with Gasteiger partial charge >= 0.3 is 0 Å². The third-order valence-electron chi connectivity index (χ3n) is 4.62. The molecule has 0 bridgehead atoms. The first-order valence-electron chi connectivity index (χ1n) is 8.47. The molecule has 2 saturated carbocycles. The highest BCUT2D eigenvalue weighted by molar-refractivity contribution is 5.96. The maximum Gasteiger partial charge on any atom is 0.251 e. The highest BCUT2D eigenvalue weighted by Crippen LogP contribution is 2.31. The summed E-state index contributed by atoms with van der Waals surface area (Å²) in [6.07, 6.45) is 6.74. The number of amides is 2. The third-order valence-corrected chi connectivity index (χ3v) is 4.62. The van der Waals surface area contributed by atoms with E-state index in [0.29, 0.717) is 30.1 Å². The zero-order valence-corrected chi connectivity index (χ0v) is 13.3. The molecule has 2 aliphatic rings. The quantitative estimate of drug-likeness (QED) is 0.781. The monoisotopic (exact) mass is 316 g/mol. The molecule has 0 aliphatic heterocycles. The summed E-state index contributed by atoms with van der Waals surface area (Å²) >= 11 is 0. The molecule has 1 aromatic rings. The highest BCUT2D eigenvalue weighted by Gasteiger charge is 2.31. The lowest BCUT2D eigenvalue weighted by molar-refractivity contribution is -0.122. The number of rotatable bonds is 5. The van der Waals surface area contributed by atoms with Gasteiger partial charge in [0.15, 0.2) is 0 Å². The van der Waals surface area contributed by atoms with Crippen molar-refractivity contribution in [2.45, 2.75) is 63.0 Å². The van der Waals surface area contributed by atoms with E-state index < -0.39 is 5.60 Å². The number of hydrogen-bond acceptors (Lipinski definition) is 3. The molecule has 3 rings (SSSR count). The summed E-state index contributed by atoms with van der Waals surface area (Å²) in [4.78, 5) is 24.0. The van der Waals surface area contributed by atoms with Crippen LogP contribution in [0.5, 0.6) is 0 Å². The second-order valence-electron chi connectivity index (χ2n) is 6.84. The number of nitrogens with one attached hydrogen (secondary N) is 2. The molecule has 5 nitrogen and oxygen atoms in total. The fraction of sp³-hybridized carbons (Fsp3) is 0.556. The molecular weight excluding hydrogens is 292 g/mol. The zero-order valence-electron chi connectivity index (χ0n) is 13.3. The van der Waals surface area contributed by atoms with Gasteiger partial charge in [-0.15, -0.1) is 0 Å². The highest BCUT2D eigenvalue weighted by atomic mass is 16.3. The van der Waals surface area contributed by atoms with Crippen LogP contribution in [0.15, 0.2) is 24.3 Å². The van der Waals surface area contributed by atoms with Crippen molar-refractivity contribution in [3.63, 3.8) is 0 Å². The molecule has 0 atom stereocenters. The van der Waals surface area contributed by atoms with Gasteiger partial charge in [0.05, 0.1) is 12.0 Å². The molecule has 124 valence electrons. The number of carbonyl (C=O) groups is 2. The Hall–Kier alpha value is -1.88. The van der Waals surface area contributed by atoms with Gasteiger partial charge in [0.2, 0.25) is 5.91 Å². The van der Waals surface area contributed by atoms with Crippen LogP contribution in [0.25, 0.3) is 0 Å². The first kappa shape index (κ1) is 16.0. The van der Waals surface area contributed by atoms with Gasteiger partial charge in [-0.1, -0.05) is 19.3 Å². The van der Waals surface area contributed by atoms with Crippen molar-refractivity contribution in [2.24, 2.45) is 0 Å². The van der Waals surface area contributed by atoms with Gasteiger partial charge in [0.1, 0.15) is 0 Å². The Morgan fingerprint density at radius 3 is 2.35 bits per heavy atom. The predicted molar refractivity (Wildman–Crippen MR) is 88.2 cm³/mol. The lowest BCUT2D eigenvalue weighted by Crippen LogP contribution is -2.35. The largest absolute Gasteiger partial charge is 0.389 e. The van der Waals surface area contributed by atoms with E-state index in [-0.39, 0.29) is 18.2 Å². The summed E-state index contributed by atoms with van der Waals surface area (Å²) in [7, 11) is 0. The molecule has 0 aromatic heterocycles. The van der Waals surface area contributed by atoms with Gasteiger partial charge in [-0.3, -0.25) is 9.59 Å². The van der Waals surface area contributed by atoms with Crippen molar-refractivity contribution in [2.75, 3.05) is 5.32 Å². The first-order valence-corrected chi connectivity index (χ1v) is 8.47. The first-order chi connectivity index (χ1) is 11.0. The molecule has 2 aliphatic carbocycles. The van der Waals surface area contributed by atoms with Gasteiger partial charge < -0.3 is 15.7 Å². The minimum absolute atomic E-state index is 0.0677. The number of carbonyl (C=O) groups excluding carboxylic acids is 2. The van der Waals surface area contributed by atoms with Gasteiger partial charge in [-0.2, -0.15) is 0 Å². The summed E-state index contributed by atoms with van der Waals surface area (Å²) in [6, 6.07) is 7.21. The fourth-order valence-corrected chi connectivity index (χ4v) is 3.09. The molecule has 0 unspecified atom stereocenters. The van der Waals surface area contributed by atoms with Gasteiger partial charge in [0.25, 0.3) is 5.91 Å². The van der Waals surface area contributed by atoms with Crippen LogP contribution < -0.4 is 10.6 Å². The Bertz CT molecular complexity index is 572. The van der Waals surface area contributed by atoms with Crippen LogP contribution in [0, 0.1) is 0 Å². The molecule has 2 amide bonds. The van der Waals surface area contributed by atoms with Crippen molar-refractivity contribution >= 4 is 17.5 Å². The molecule has 2 fully saturated rings. The summed E-state index contributed by atoms with van der Waals surface area (Å²) in [5.74, 6) is -0.244. The Labute approximate surface area is 136 Å². The van der Waals surface area contributed by atoms with Gasteiger partial charge in [0, 0.05) is 17.3 Å². The maximum atomic E-state index is 12.1. The van der Waals surface area contributed by atoms with Crippen molar-refractivity contribution in [3.8, 4) is 0 Å². The normalized spacial score (nSPS) is 19.9. The van der Waals surface area contributed by atoms with Crippen LogP contribution in [0.4, 0.5) is 5.69 Å². The van der Waals surface area contributed by atoms with E-state index in [1.54, 1.807) is 24.3 Å². The lowest BCUT2D eigenvalue weighted by atomic mass is 9.82. The second-order valence-corrected chi connectivity index (χ2v) is 6.84. The fourth-order valence-electron chi connectivity index (χ4n) is 3.09. The minimum atomic E-state index is -0.855. The standard InChI is InChI=1S/C18H24N2O3/c21-16(12-18(23)10-2-1-3-11-18)19-14-6-4-13(5-7-14)17(22)20-15-8-9-15/h4-7,15,23H,1-3,8-12H2,(H,19,21)(H,20,22). The predicted octanol–water partition coefficient (Wildman–Crippen LogP) is 2.60. The smallest absolute Gasteiger partial charge is 0.251 e. The van der Waals surface area contributed by atoms with E-state index >= 15 is 0 Å². The Kier molecular flexibility index (Phi) is 4.66. The topological polar surface area (TPSA) is 78.4 Å². The zero-order chi connectivity index (χ0) is 16.3. The molecule has 23 heavy (non-hydrogen) atoms. The molecule has 5 heteroatoms. The van der Waals surface area contributed by atoms with E-state index in [9.17, 15) is 14.7 Å².